The Morgan fingerprint density at radius 2 is 1.88 bits per heavy atom. The number of anilines is 1. The fourth-order valence-electron chi connectivity index (χ4n) is 4.27. The number of pyridine rings is 1. The zero-order valence-electron chi connectivity index (χ0n) is 19.4. The summed E-state index contributed by atoms with van der Waals surface area (Å²) in [6.07, 6.45) is 6.05. The smallest absolute Gasteiger partial charge is 0.245 e. The number of imidazole rings is 1. The maximum Gasteiger partial charge on any atom is 0.245 e. The highest BCUT2D eigenvalue weighted by Gasteiger charge is 2.30. The third kappa shape index (κ3) is 4.29. The first-order valence-electron chi connectivity index (χ1n) is 11.3. The summed E-state index contributed by atoms with van der Waals surface area (Å²) in [4.78, 5) is 33.3. The van der Waals surface area contributed by atoms with Crippen molar-refractivity contribution in [2.24, 2.45) is 0 Å². The molecule has 9 nitrogen and oxygen atoms in total. The lowest BCUT2D eigenvalue weighted by Gasteiger charge is -2.37. The Morgan fingerprint density at radius 3 is 2.50 bits per heavy atom. The molecule has 3 atom stereocenters. The highest BCUT2D eigenvalue weighted by molar-refractivity contribution is 5.92. The molecule has 32 heavy (non-hydrogen) atoms. The number of amides is 1. The minimum Gasteiger partial charge on any atom is -0.372 e. The lowest BCUT2D eigenvalue weighted by atomic mass is 10.1. The Labute approximate surface area is 188 Å². The highest BCUT2D eigenvalue weighted by Crippen LogP contribution is 2.28. The van der Waals surface area contributed by atoms with Crippen LogP contribution in [0.5, 0.6) is 0 Å². The fourth-order valence-corrected chi connectivity index (χ4v) is 4.27. The van der Waals surface area contributed by atoms with Crippen LogP contribution < -0.4 is 5.32 Å². The molecule has 2 unspecified atom stereocenters. The zero-order valence-corrected chi connectivity index (χ0v) is 19.4. The van der Waals surface area contributed by atoms with Crippen LogP contribution >= 0.6 is 0 Å². The second-order valence-electron chi connectivity index (χ2n) is 8.34. The Bertz CT molecular complexity index is 1090. The van der Waals surface area contributed by atoms with Gasteiger partial charge >= 0.3 is 0 Å². The van der Waals surface area contributed by atoms with Crippen molar-refractivity contribution >= 4 is 22.8 Å². The first-order chi connectivity index (χ1) is 15.4. The number of ether oxygens (including phenoxy) is 1. The van der Waals surface area contributed by atoms with Crippen LogP contribution in [-0.4, -0.2) is 66.6 Å². The van der Waals surface area contributed by atoms with Crippen molar-refractivity contribution in [3.8, 4) is 11.4 Å². The number of carbonyl (C=O) groups excluding carboxylic acids is 1. The van der Waals surface area contributed by atoms with Gasteiger partial charge in [0.25, 0.3) is 0 Å². The van der Waals surface area contributed by atoms with Crippen LogP contribution in [0.2, 0.25) is 0 Å². The summed E-state index contributed by atoms with van der Waals surface area (Å²) in [5.74, 6) is 1.56. The van der Waals surface area contributed by atoms with Crippen LogP contribution in [0.4, 0.5) is 5.69 Å². The van der Waals surface area contributed by atoms with Crippen molar-refractivity contribution < 1.29 is 9.53 Å². The molecule has 3 aromatic heterocycles. The van der Waals surface area contributed by atoms with Crippen LogP contribution in [0.15, 0.2) is 24.7 Å². The minimum atomic E-state index is -0.351. The summed E-state index contributed by atoms with van der Waals surface area (Å²) in [5.41, 5.74) is 3.13. The van der Waals surface area contributed by atoms with E-state index in [0.29, 0.717) is 31.9 Å². The lowest BCUT2D eigenvalue weighted by Crippen LogP contribution is -2.52. The Hall–Kier alpha value is -3.07. The molecule has 0 aliphatic carbocycles. The van der Waals surface area contributed by atoms with Crippen molar-refractivity contribution in [3.63, 3.8) is 0 Å². The maximum atomic E-state index is 13.3. The summed E-state index contributed by atoms with van der Waals surface area (Å²) >= 11 is 0. The van der Waals surface area contributed by atoms with E-state index < -0.39 is 0 Å². The average Bonchev–Trinajstić information content (AvgIpc) is 3.16. The molecule has 3 aromatic rings. The SMILES string of the molecule is CC[C@@H](Nc1ccnc2c1nc(-c1cnc(C)nc1)n2CC)C(=O)N1CC(C)OC(C)C1. The van der Waals surface area contributed by atoms with Crippen molar-refractivity contribution in [2.75, 3.05) is 18.4 Å². The van der Waals surface area contributed by atoms with Gasteiger partial charge in [-0.15, -0.1) is 0 Å². The van der Waals surface area contributed by atoms with E-state index in [1.165, 1.54) is 0 Å². The molecular formula is C23H31N7O2. The van der Waals surface area contributed by atoms with Crippen molar-refractivity contribution in [1.29, 1.82) is 0 Å². The summed E-state index contributed by atoms with van der Waals surface area (Å²) in [6, 6.07) is 1.53. The topological polar surface area (TPSA) is 98.1 Å². The molecule has 0 aromatic carbocycles. The molecule has 1 aliphatic heterocycles. The molecule has 170 valence electrons. The second kappa shape index (κ2) is 9.20. The predicted octanol–water partition coefficient (Wildman–Crippen LogP) is 3.04. The molecule has 1 amide bonds. The molecule has 9 heteroatoms. The van der Waals surface area contributed by atoms with Gasteiger partial charge in [-0.3, -0.25) is 4.79 Å². The summed E-state index contributed by atoms with van der Waals surface area (Å²) in [5, 5.41) is 3.44. The monoisotopic (exact) mass is 437 g/mol. The fraction of sp³-hybridized carbons (Fsp3) is 0.522. The standard InChI is InChI=1S/C23H31N7O2/c1-6-18(23(31)29-12-14(3)32-15(4)13-29)27-19-8-9-24-22-20(19)28-21(30(22)7-2)17-10-25-16(5)26-11-17/h8-11,14-15,18H,6-7,12-13H2,1-5H3,(H,24,27)/t14?,15?,18-/m1/s1. The zero-order chi connectivity index (χ0) is 22.8. The van der Waals surface area contributed by atoms with Gasteiger partial charge in [-0.25, -0.2) is 19.9 Å². The normalized spacial score (nSPS) is 19.8. The summed E-state index contributed by atoms with van der Waals surface area (Å²) < 4.78 is 7.83. The van der Waals surface area contributed by atoms with Gasteiger partial charge in [-0.05, 0) is 40.2 Å². The minimum absolute atomic E-state index is 0.0346. The summed E-state index contributed by atoms with van der Waals surface area (Å²) in [7, 11) is 0. The Morgan fingerprint density at radius 1 is 1.19 bits per heavy atom. The van der Waals surface area contributed by atoms with Crippen LogP contribution in [0.25, 0.3) is 22.6 Å². The third-order valence-corrected chi connectivity index (χ3v) is 5.76. The Kier molecular flexibility index (Phi) is 6.36. The van der Waals surface area contributed by atoms with E-state index in [1.54, 1.807) is 18.6 Å². The van der Waals surface area contributed by atoms with Gasteiger partial charge in [0.05, 0.1) is 23.5 Å². The molecule has 1 aliphatic rings. The van der Waals surface area contributed by atoms with E-state index in [4.69, 9.17) is 9.72 Å². The third-order valence-electron chi connectivity index (χ3n) is 5.76. The quantitative estimate of drug-likeness (QED) is 0.633. The summed E-state index contributed by atoms with van der Waals surface area (Å²) in [6.45, 7) is 11.9. The number of nitrogens with zero attached hydrogens (tertiary/aromatic N) is 6. The highest BCUT2D eigenvalue weighted by atomic mass is 16.5. The molecular weight excluding hydrogens is 406 g/mol. The van der Waals surface area contributed by atoms with Crippen LogP contribution in [-0.2, 0) is 16.1 Å². The van der Waals surface area contributed by atoms with Gasteiger partial charge in [0.2, 0.25) is 5.91 Å². The molecule has 0 spiro atoms. The van der Waals surface area contributed by atoms with E-state index in [2.05, 4.69) is 27.2 Å². The molecule has 4 rings (SSSR count). The predicted molar refractivity (Wildman–Crippen MR) is 123 cm³/mol. The number of nitrogens with one attached hydrogen (secondary N) is 1. The molecule has 1 saturated heterocycles. The number of rotatable bonds is 6. The van der Waals surface area contributed by atoms with Crippen molar-refractivity contribution in [2.45, 2.75) is 65.8 Å². The lowest BCUT2D eigenvalue weighted by molar-refractivity contribution is -0.144. The van der Waals surface area contributed by atoms with Gasteiger partial charge in [-0.1, -0.05) is 6.92 Å². The van der Waals surface area contributed by atoms with E-state index >= 15 is 0 Å². The van der Waals surface area contributed by atoms with Gasteiger partial charge in [0, 0.05) is 38.2 Å². The average molecular weight is 438 g/mol. The maximum absolute atomic E-state index is 13.3. The van der Waals surface area contributed by atoms with Gasteiger partial charge < -0.3 is 19.5 Å². The molecule has 1 fully saturated rings. The van der Waals surface area contributed by atoms with Gasteiger partial charge in [0.1, 0.15) is 23.2 Å². The van der Waals surface area contributed by atoms with Gasteiger partial charge in [-0.2, -0.15) is 0 Å². The molecule has 0 saturated carbocycles. The molecule has 0 radical (unpaired) electrons. The van der Waals surface area contributed by atoms with E-state index in [0.717, 1.165) is 28.2 Å². The van der Waals surface area contributed by atoms with Crippen molar-refractivity contribution in [3.05, 3.63) is 30.5 Å². The van der Waals surface area contributed by atoms with E-state index in [-0.39, 0.29) is 24.2 Å². The second-order valence-corrected chi connectivity index (χ2v) is 8.34. The first-order valence-corrected chi connectivity index (χ1v) is 11.3. The first kappa shape index (κ1) is 22.1. The number of hydrogen-bond acceptors (Lipinski definition) is 7. The van der Waals surface area contributed by atoms with E-state index in [1.807, 2.05) is 43.2 Å². The molecule has 0 bridgehead atoms. The number of carbonyl (C=O) groups is 1. The van der Waals surface area contributed by atoms with Crippen LogP contribution in [0.3, 0.4) is 0 Å². The van der Waals surface area contributed by atoms with E-state index in [9.17, 15) is 4.79 Å². The molecule has 4 heterocycles. The van der Waals surface area contributed by atoms with Crippen LogP contribution in [0, 0.1) is 6.92 Å². The number of aromatic nitrogens is 5. The number of morpholine rings is 1. The number of hydrogen-bond donors (Lipinski definition) is 1. The number of aryl methyl sites for hydroxylation is 2. The Balaban J connectivity index is 1.66. The molecule has 1 N–H and O–H groups in total. The number of fused-ring (bicyclic) bond motifs is 1. The van der Waals surface area contributed by atoms with Crippen molar-refractivity contribution in [1.82, 2.24) is 29.4 Å². The van der Waals surface area contributed by atoms with Gasteiger partial charge in [0.15, 0.2) is 5.65 Å². The van der Waals surface area contributed by atoms with Crippen LogP contribution in [0.1, 0.15) is 39.9 Å². The largest absolute Gasteiger partial charge is 0.372 e.